The first kappa shape index (κ1) is 78.4. The predicted molar refractivity (Wildman–Crippen MR) is 219 cm³/mol. The van der Waals surface area contributed by atoms with E-state index < -0.39 is 0 Å². The average molecular weight is 613 g/mol. The molecule has 0 nitrogen and oxygen atoms in total. The third-order valence-electron chi connectivity index (χ3n) is 4.00. The van der Waals surface area contributed by atoms with Gasteiger partial charge in [-0.15, -0.1) is 0 Å². The molecule has 0 aliphatic rings. The molecular weight excluding hydrogens is 504 g/mol. The van der Waals surface area contributed by atoms with Crippen LogP contribution in [-0.2, 0) is 0 Å². The Morgan fingerprint density at radius 3 is 0.167 bits per heavy atom. The molecule has 0 saturated heterocycles. The molecule has 0 unspecified atom stereocenters. The van der Waals surface area contributed by atoms with Crippen molar-refractivity contribution in [1.29, 1.82) is 0 Å². The smallest absolute Gasteiger partial charge is 0.0564 e. The number of unbranched alkanes of at least 4 members (excludes halogenated alkanes) is 8. The number of rotatable bonds is 8. The van der Waals surface area contributed by atoms with E-state index >= 15 is 0 Å². The molecular formula is C42H108. The van der Waals surface area contributed by atoms with Crippen LogP contribution in [0.5, 0.6) is 0 Å². The molecule has 0 heterocycles. The van der Waals surface area contributed by atoms with Gasteiger partial charge in [0.2, 0.25) is 0 Å². The second-order valence-corrected chi connectivity index (χ2v) is 9.41. The van der Waals surface area contributed by atoms with Crippen LogP contribution in [0.25, 0.3) is 0 Å². The lowest BCUT2D eigenvalue weighted by Gasteiger charge is -1.68. The van der Waals surface area contributed by atoms with Crippen LogP contribution in [0.15, 0.2) is 0 Å². The Kier molecular flexibility index (Phi) is 378. The maximum absolute atomic E-state index is 2.18. The first-order valence-corrected chi connectivity index (χ1v) is 20.1. The van der Waals surface area contributed by atoms with Gasteiger partial charge < -0.3 is 0 Å². The van der Waals surface area contributed by atoms with Gasteiger partial charge in [-0.25, -0.2) is 0 Å². The molecule has 0 bridgehead atoms. The summed E-state index contributed by atoms with van der Waals surface area (Å²) in [5, 5.41) is 0. The summed E-state index contributed by atoms with van der Waals surface area (Å²) in [5.74, 6) is 0. The van der Waals surface area contributed by atoms with E-state index in [4.69, 9.17) is 0 Å². The van der Waals surface area contributed by atoms with E-state index in [2.05, 4.69) is 138 Å². The number of hydrogen-bond acceptors (Lipinski definition) is 0. The standard InChI is InChI=1S/8C4H10.2C3H8.2C2H6/c8*1-3-4-2;2*1-3-2;2*1-2/h8*3-4H2,1-2H3;2*3H2,1-2H3;2*1-2H3. The molecule has 0 aliphatic heterocycles. The fourth-order valence-electron chi connectivity index (χ4n) is 0. The summed E-state index contributed by atoms with van der Waals surface area (Å²) < 4.78 is 0. The Bertz CT molecular complexity index is 84.1. The van der Waals surface area contributed by atoms with Crippen molar-refractivity contribution < 1.29 is 0 Å². The van der Waals surface area contributed by atoms with E-state index in [1.807, 2.05) is 27.7 Å². The first-order chi connectivity index (χ1) is 20.1. The molecule has 0 N–H and O–H groups in total. The van der Waals surface area contributed by atoms with Gasteiger partial charge in [-0.2, -0.15) is 0 Å². The van der Waals surface area contributed by atoms with Crippen LogP contribution in [0.3, 0.4) is 0 Å². The summed E-state index contributed by atoms with van der Waals surface area (Å²) in [4.78, 5) is 0. The van der Waals surface area contributed by atoms with Gasteiger partial charge >= 0.3 is 0 Å². The van der Waals surface area contributed by atoms with Gasteiger partial charge in [0, 0.05) is 0 Å². The van der Waals surface area contributed by atoms with E-state index in [1.165, 1.54) is 116 Å². The zero-order chi connectivity index (χ0) is 36.7. The monoisotopic (exact) mass is 613 g/mol. The Labute approximate surface area is 281 Å². The fourth-order valence-corrected chi connectivity index (χ4v) is 0. The molecule has 0 heteroatoms. The number of hydrogen-bond donors (Lipinski definition) is 0. The molecule has 0 aromatic carbocycles. The molecule has 0 saturated carbocycles. The largest absolute Gasteiger partial charge is 0.0683 e. The van der Waals surface area contributed by atoms with Crippen LogP contribution in [0.4, 0.5) is 0 Å². The first-order valence-electron chi connectivity index (χ1n) is 20.1. The van der Waals surface area contributed by atoms with Crippen LogP contribution in [0.2, 0.25) is 0 Å². The molecule has 42 heavy (non-hydrogen) atoms. The quantitative estimate of drug-likeness (QED) is 0.256. The Morgan fingerprint density at radius 1 is 0.143 bits per heavy atom. The van der Waals surface area contributed by atoms with Crippen molar-refractivity contribution >= 4 is 0 Å². The molecule has 0 fully saturated rings. The summed E-state index contributed by atoms with van der Waals surface area (Å²) in [6.07, 6.45) is 23.6. The van der Waals surface area contributed by atoms with Crippen LogP contribution < -0.4 is 0 Å². The van der Waals surface area contributed by atoms with Crippen molar-refractivity contribution in [1.82, 2.24) is 0 Å². The Hall–Kier alpha value is 0. The highest BCUT2D eigenvalue weighted by atomic mass is 13.7. The van der Waals surface area contributed by atoms with Crippen LogP contribution in [-0.4, -0.2) is 0 Å². The minimum atomic E-state index is 1.25. The highest BCUT2D eigenvalue weighted by molar-refractivity contribution is 4.15. The molecule has 0 rings (SSSR count). The second-order valence-electron chi connectivity index (χ2n) is 9.41. The molecule has 276 valence electrons. The average Bonchev–Trinajstić information content (AvgIpc) is 3.07. The molecule has 0 aromatic rings. The van der Waals surface area contributed by atoms with Crippen molar-refractivity contribution in [3.8, 4) is 0 Å². The normalized spacial score (nSPS) is 6.86. The van der Waals surface area contributed by atoms with Gasteiger partial charge in [0.05, 0.1) is 0 Å². The van der Waals surface area contributed by atoms with Gasteiger partial charge in [0.15, 0.2) is 0 Å². The van der Waals surface area contributed by atoms with E-state index in [9.17, 15) is 0 Å². The molecule has 0 spiro atoms. The maximum atomic E-state index is 2.18. The minimum absolute atomic E-state index is 1.25. The topological polar surface area (TPSA) is 0 Å². The van der Waals surface area contributed by atoms with Crippen molar-refractivity contribution in [3.05, 3.63) is 0 Å². The molecule has 0 radical (unpaired) electrons. The lowest BCUT2D eigenvalue weighted by Crippen LogP contribution is -1.47. The molecule has 0 amide bonds. The lowest BCUT2D eigenvalue weighted by molar-refractivity contribution is 0.886. The zero-order valence-corrected chi connectivity index (χ0v) is 36.7. The Balaban J connectivity index is -0.0000000235. The van der Waals surface area contributed by atoms with Crippen LogP contribution in [0.1, 0.15) is 282 Å². The third kappa shape index (κ3) is 951. The van der Waals surface area contributed by atoms with Crippen LogP contribution in [0, 0.1) is 0 Å². The summed E-state index contributed by atoms with van der Waals surface area (Å²) in [6, 6.07) is 0. The third-order valence-corrected chi connectivity index (χ3v) is 4.00. The van der Waals surface area contributed by atoms with Gasteiger partial charge in [-0.3, -0.25) is 0 Å². The van der Waals surface area contributed by atoms with Gasteiger partial charge in [0.1, 0.15) is 0 Å². The van der Waals surface area contributed by atoms with E-state index in [-0.39, 0.29) is 0 Å². The van der Waals surface area contributed by atoms with Gasteiger partial charge in [-0.05, 0) is 0 Å². The van der Waals surface area contributed by atoms with Crippen molar-refractivity contribution in [2.45, 2.75) is 282 Å². The lowest BCUT2D eigenvalue weighted by atomic mass is 10.4. The summed E-state index contributed by atoms with van der Waals surface area (Å²) in [7, 11) is 0. The van der Waals surface area contributed by atoms with Crippen molar-refractivity contribution in [2.75, 3.05) is 0 Å². The molecule has 0 aromatic heterocycles. The van der Waals surface area contributed by atoms with Gasteiger partial charge in [-0.1, -0.05) is 282 Å². The SMILES string of the molecule is CC.CC.CCC.CCC.CCCC.CCCC.CCCC.CCCC.CCCC.CCCC.CCCC.CCCC. The van der Waals surface area contributed by atoms with Crippen molar-refractivity contribution in [2.24, 2.45) is 0 Å². The Morgan fingerprint density at radius 2 is 0.167 bits per heavy atom. The van der Waals surface area contributed by atoms with Crippen molar-refractivity contribution in [3.63, 3.8) is 0 Å². The maximum Gasteiger partial charge on any atom is -0.0564 e. The van der Waals surface area contributed by atoms with E-state index in [0.717, 1.165) is 0 Å². The van der Waals surface area contributed by atoms with E-state index in [1.54, 1.807) is 0 Å². The highest BCUT2D eigenvalue weighted by Gasteiger charge is 1.59. The zero-order valence-electron chi connectivity index (χ0n) is 36.7. The van der Waals surface area contributed by atoms with E-state index in [0.29, 0.717) is 0 Å². The minimum Gasteiger partial charge on any atom is -0.0683 e. The van der Waals surface area contributed by atoms with Gasteiger partial charge in [0.25, 0.3) is 0 Å². The summed E-state index contributed by atoms with van der Waals surface area (Å²) >= 11 is 0. The fraction of sp³-hybridized carbons (Fsp3) is 1.00. The predicted octanol–water partition coefficient (Wildman–Crippen LogP) is 19.3. The second kappa shape index (κ2) is 202. The van der Waals surface area contributed by atoms with Crippen LogP contribution >= 0.6 is 0 Å². The summed E-state index contributed by atoms with van der Waals surface area (Å²) in [5.41, 5.74) is 0. The highest BCUT2D eigenvalue weighted by Crippen LogP contribution is 1.79. The summed E-state index contributed by atoms with van der Waals surface area (Å²) in [6.45, 7) is 51.4. The molecule has 0 atom stereocenters. The molecule has 0 aliphatic carbocycles.